The molecule has 0 N–H and O–H groups in total. The normalized spacial score (nSPS) is 10.4. The predicted molar refractivity (Wildman–Crippen MR) is 68.0 cm³/mol. The van der Waals surface area contributed by atoms with Gasteiger partial charge in [-0.15, -0.1) is 0 Å². The number of hydrogen-bond acceptors (Lipinski definition) is 3. The first-order valence-corrected chi connectivity index (χ1v) is 5.54. The van der Waals surface area contributed by atoms with Crippen LogP contribution in [0, 0.1) is 0 Å². The van der Waals surface area contributed by atoms with Crippen LogP contribution in [0.15, 0.2) is 24.3 Å². The van der Waals surface area contributed by atoms with Crippen molar-refractivity contribution >= 4 is 5.91 Å². The van der Waals surface area contributed by atoms with Crippen molar-refractivity contribution in [2.45, 2.75) is 6.54 Å². The number of carbonyl (C=O) groups excluding carboxylic acids is 1. The van der Waals surface area contributed by atoms with Crippen molar-refractivity contribution in [1.82, 2.24) is 9.80 Å². The molecule has 0 spiro atoms. The standard InChI is InChI=1S/C13H20N2O2/c1-14(2)13(16)10-15(3)9-11-5-7-12(17-4)8-6-11/h5-8H,9-10H2,1-4H3. The van der Waals surface area contributed by atoms with E-state index in [0.29, 0.717) is 6.54 Å². The molecular formula is C13H20N2O2. The number of ether oxygens (including phenoxy) is 1. The largest absolute Gasteiger partial charge is 0.497 e. The molecule has 4 heteroatoms. The van der Waals surface area contributed by atoms with Crippen molar-refractivity contribution in [3.8, 4) is 5.75 Å². The Morgan fingerprint density at radius 3 is 2.24 bits per heavy atom. The molecule has 0 saturated heterocycles. The van der Waals surface area contributed by atoms with Gasteiger partial charge in [0.25, 0.3) is 0 Å². The zero-order valence-corrected chi connectivity index (χ0v) is 10.9. The summed E-state index contributed by atoms with van der Waals surface area (Å²) in [7, 11) is 7.12. The molecule has 1 aromatic carbocycles. The van der Waals surface area contributed by atoms with Gasteiger partial charge in [0, 0.05) is 20.6 Å². The first-order chi connectivity index (χ1) is 8.02. The van der Waals surface area contributed by atoms with Gasteiger partial charge in [0.1, 0.15) is 5.75 Å². The SMILES string of the molecule is COc1ccc(CN(C)CC(=O)N(C)C)cc1. The number of benzene rings is 1. The molecular weight excluding hydrogens is 216 g/mol. The average Bonchev–Trinajstić information content (AvgIpc) is 2.29. The lowest BCUT2D eigenvalue weighted by atomic mass is 10.2. The summed E-state index contributed by atoms with van der Waals surface area (Å²) in [5.41, 5.74) is 1.17. The highest BCUT2D eigenvalue weighted by Crippen LogP contribution is 2.12. The van der Waals surface area contributed by atoms with Crippen LogP contribution in [-0.2, 0) is 11.3 Å². The van der Waals surface area contributed by atoms with Crippen LogP contribution in [0.25, 0.3) is 0 Å². The lowest BCUT2D eigenvalue weighted by Gasteiger charge is -2.19. The van der Waals surface area contributed by atoms with Crippen LogP contribution >= 0.6 is 0 Å². The quantitative estimate of drug-likeness (QED) is 0.770. The molecule has 4 nitrogen and oxygen atoms in total. The van der Waals surface area contributed by atoms with Crippen molar-refractivity contribution in [1.29, 1.82) is 0 Å². The molecule has 0 aliphatic carbocycles. The molecule has 0 aliphatic rings. The minimum Gasteiger partial charge on any atom is -0.497 e. The van der Waals surface area contributed by atoms with Crippen LogP contribution in [0.3, 0.4) is 0 Å². The highest BCUT2D eigenvalue weighted by Gasteiger charge is 2.08. The van der Waals surface area contributed by atoms with Gasteiger partial charge >= 0.3 is 0 Å². The molecule has 0 radical (unpaired) electrons. The van der Waals surface area contributed by atoms with E-state index in [1.54, 1.807) is 26.1 Å². The van der Waals surface area contributed by atoms with Crippen molar-refractivity contribution in [2.24, 2.45) is 0 Å². The van der Waals surface area contributed by atoms with Gasteiger partial charge in [-0.2, -0.15) is 0 Å². The Balaban J connectivity index is 2.50. The van der Waals surface area contributed by atoms with E-state index in [2.05, 4.69) is 0 Å². The van der Waals surface area contributed by atoms with Gasteiger partial charge in [-0.05, 0) is 24.7 Å². The fourth-order valence-corrected chi connectivity index (χ4v) is 1.47. The zero-order valence-electron chi connectivity index (χ0n) is 10.9. The van der Waals surface area contributed by atoms with Crippen molar-refractivity contribution in [2.75, 3.05) is 34.8 Å². The van der Waals surface area contributed by atoms with Gasteiger partial charge in [-0.1, -0.05) is 12.1 Å². The smallest absolute Gasteiger partial charge is 0.236 e. The number of nitrogens with zero attached hydrogens (tertiary/aromatic N) is 2. The molecule has 0 fully saturated rings. The van der Waals surface area contributed by atoms with Gasteiger partial charge in [-0.25, -0.2) is 0 Å². The van der Waals surface area contributed by atoms with Crippen LogP contribution in [0.1, 0.15) is 5.56 Å². The van der Waals surface area contributed by atoms with Crippen molar-refractivity contribution in [3.63, 3.8) is 0 Å². The minimum absolute atomic E-state index is 0.112. The number of carbonyl (C=O) groups is 1. The van der Waals surface area contributed by atoms with E-state index in [-0.39, 0.29) is 5.91 Å². The monoisotopic (exact) mass is 236 g/mol. The first-order valence-electron chi connectivity index (χ1n) is 5.54. The molecule has 0 saturated carbocycles. The molecule has 1 aromatic rings. The average molecular weight is 236 g/mol. The third kappa shape index (κ3) is 4.44. The fourth-order valence-electron chi connectivity index (χ4n) is 1.47. The summed E-state index contributed by atoms with van der Waals surface area (Å²) in [5, 5.41) is 0. The van der Waals surface area contributed by atoms with Gasteiger partial charge < -0.3 is 9.64 Å². The summed E-state index contributed by atoms with van der Waals surface area (Å²) < 4.78 is 5.10. The van der Waals surface area contributed by atoms with E-state index in [0.717, 1.165) is 12.3 Å². The molecule has 0 bridgehead atoms. The Morgan fingerprint density at radius 1 is 1.18 bits per heavy atom. The lowest BCUT2D eigenvalue weighted by Crippen LogP contribution is -2.34. The summed E-state index contributed by atoms with van der Waals surface area (Å²) in [4.78, 5) is 15.1. The van der Waals surface area contributed by atoms with Crippen LogP contribution in [-0.4, -0.2) is 50.5 Å². The molecule has 17 heavy (non-hydrogen) atoms. The van der Waals surface area contributed by atoms with Crippen molar-refractivity contribution < 1.29 is 9.53 Å². The highest BCUT2D eigenvalue weighted by atomic mass is 16.5. The topological polar surface area (TPSA) is 32.8 Å². The summed E-state index contributed by atoms with van der Waals surface area (Å²) in [6.45, 7) is 1.18. The van der Waals surface area contributed by atoms with Gasteiger partial charge in [0.15, 0.2) is 0 Å². The third-order valence-electron chi connectivity index (χ3n) is 2.52. The Morgan fingerprint density at radius 2 is 1.76 bits per heavy atom. The first kappa shape index (κ1) is 13.5. The van der Waals surface area contributed by atoms with E-state index in [4.69, 9.17) is 4.74 Å². The maximum atomic E-state index is 11.5. The van der Waals surface area contributed by atoms with Crippen LogP contribution in [0.5, 0.6) is 5.75 Å². The Hall–Kier alpha value is -1.55. The number of rotatable bonds is 5. The number of hydrogen-bond donors (Lipinski definition) is 0. The predicted octanol–water partition coefficient (Wildman–Crippen LogP) is 1.22. The Labute approximate surface area is 103 Å². The molecule has 1 amide bonds. The fraction of sp³-hybridized carbons (Fsp3) is 0.462. The zero-order chi connectivity index (χ0) is 12.8. The second-order valence-electron chi connectivity index (χ2n) is 4.31. The molecule has 0 unspecified atom stereocenters. The van der Waals surface area contributed by atoms with Crippen LogP contribution in [0.4, 0.5) is 0 Å². The maximum Gasteiger partial charge on any atom is 0.236 e. The molecule has 0 heterocycles. The maximum absolute atomic E-state index is 11.5. The Bertz CT molecular complexity index is 360. The third-order valence-corrected chi connectivity index (χ3v) is 2.52. The summed E-state index contributed by atoms with van der Waals surface area (Å²) >= 11 is 0. The summed E-state index contributed by atoms with van der Waals surface area (Å²) in [6, 6.07) is 7.87. The van der Waals surface area contributed by atoms with Crippen LogP contribution < -0.4 is 4.74 Å². The summed E-state index contributed by atoms with van der Waals surface area (Å²) in [6.07, 6.45) is 0. The second kappa shape index (κ2) is 6.25. The van der Waals surface area contributed by atoms with Crippen LogP contribution in [0.2, 0.25) is 0 Å². The molecule has 0 aliphatic heterocycles. The number of amides is 1. The molecule has 0 aromatic heterocycles. The summed E-state index contributed by atoms with van der Waals surface area (Å²) in [5.74, 6) is 0.960. The van der Waals surface area contributed by atoms with Gasteiger partial charge in [0.2, 0.25) is 5.91 Å². The molecule has 1 rings (SSSR count). The minimum atomic E-state index is 0.112. The van der Waals surface area contributed by atoms with E-state index < -0.39 is 0 Å². The second-order valence-corrected chi connectivity index (χ2v) is 4.31. The van der Waals surface area contributed by atoms with Gasteiger partial charge in [0.05, 0.1) is 13.7 Å². The number of methoxy groups -OCH3 is 1. The van der Waals surface area contributed by atoms with Crippen molar-refractivity contribution in [3.05, 3.63) is 29.8 Å². The van der Waals surface area contributed by atoms with Gasteiger partial charge in [-0.3, -0.25) is 9.69 Å². The van der Waals surface area contributed by atoms with E-state index in [1.807, 2.05) is 36.2 Å². The Kier molecular flexibility index (Phi) is 4.97. The molecule has 94 valence electrons. The lowest BCUT2D eigenvalue weighted by molar-refractivity contribution is -0.129. The number of likely N-dealkylation sites (N-methyl/N-ethyl adjacent to an activating group) is 2. The van der Waals surface area contributed by atoms with E-state index >= 15 is 0 Å². The molecule has 0 atom stereocenters. The van der Waals surface area contributed by atoms with E-state index in [1.165, 1.54) is 5.56 Å². The van der Waals surface area contributed by atoms with E-state index in [9.17, 15) is 4.79 Å². The highest BCUT2D eigenvalue weighted by molar-refractivity contribution is 5.77.